The Labute approximate surface area is 113 Å². The van der Waals surface area contributed by atoms with Crippen LogP contribution in [0.3, 0.4) is 0 Å². The molecule has 0 aliphatic carbocycles. The van der Waals surface area contributed by atoms with Crippen LogP contribution in [0.5, 0.6) is 5.75 Å². The van der Waals surface area contributed by atoms with Crippen molar-refractivity contribution in [1.29, 1.82) is 0 Å². The van der Waals surface area contributed by atoms with Crippen LogP contribution in [0.1, 0.15) is 18.9 Å². The Morgan fingerprint density at radius 1 is 1.11 bits per heavy atom. The second kappa shape index (κ2) is 5.45. The fourth-order valence-electron chi connectivity index (χ4n) is 2.47. The van der Waals surface area contributed by atoms with E-state index in [1.165, 1.54) is 5.56 Å². The van der Waals surface area contributed by atoms with Gasteiger partial charge in [-0.05, 0) is 30.5 Å². The van der Waals surface area contributed by atoms with Crippen molar-refractivity contribution >= 4 is 0 Å². The second-order valence-corrected chi connectivity index (χ2v) is 4.84. The van der Waals surface area contributed by atoms with Crippen LogP contribution in [0.4, 0.5) is 0 Å². The lowest BCUT2D eigenvalue weighted by Gasteiger charge is -2.21. The molecule has 1 aliphatic heterocycles. The smallest absolute Gasteiger partial charge is 0.118 e. The summed E-state index contributed by atoms with van der Waals surface area (Å²) in [6.45, 7) is 1.92. The lowest BCUT2D eigenvalue weighted by molar-refractivity contribution is 0.339. The fourth-order valence-corrected chi connectivity index (χ4v) is 2.47. The molecule has 0 saturated carbocycles. The molecule has 1 saturated heterocycles. The molecule has 4 heteroatoms. The average Bonchev–Trinajstić information content (AvgIpc) is 2.98. The van der Waals surface area contributed by atoms with Gasteiger partial charge in [0.2, 0.25) is 0 Å². The Morgan fingerprint density at radius 3 is 2.53 bits per heavy atom. The van der Waals surface area contributed by atoms with E-state index in [0.29, 0.717) is 6.04 Å². The molecule has 0 atom stereocenters. The number of benzene rings is 1. The summed E-state index contributed by atoms with van der Waals surface area (Å²) in [6.07, 6.45) is 6.28. The van der Waals surface area contributed by atoms with Crippen LogP contribution in [0.15, 0.2) is 36.7 Å². The van der Waals surface area contributed by atoms with E-state index in [0.717, 1.165) is 37.2 Å². The molecule has 99 valence electrons. The summed E-state index contributed by atoms with van der Waals surface area (Å²) in [4.78, 5) is 0. The highest BCUT2D eigenvalue weighted by Gasteiger charge is 2.16. The van der Waals surface area contributed by atoms with E-state index in [4.69, 9.17) is 4.74 Å². The summed E-state index contributed by atoms with van der Waals surface area (Å²) in [5.41, 5.74) is 2.33. The van der Waals surface area contributed by atoms with Gasteiger partial charge >= 0.3 is 0 Å². The largest absolute Gasteiger partial charge is 0.497 e. The zero-order chi connectivity index (χ0) is 13.1. The fraction of sp³-hybridized carbons (Fsp3) is 0.400. The average molecular weight is 256 g/mol. The van der Waals surface area contributed by atoms with Gasteiger partial charge in [0.1, 0.15) is 5.75 Å². The van der Waals surface area contributed by atoms with Crippen molar-refractivity contribution in [3.8, 4) is 16.9 Å². The van der Waals surface area contributed by atoms with Crippen molar-refractivity contribution in [2.75, 3.05) is 20.2 Å². The molecule has 2 aromatic rings. The van der Waals surface area contributed by atoms with E-state index >= 15 is 0 Å². The molecule has 4 nitrogen and oxygen atoms in total. The number of ether oxygens (including phenoxy) is 1. The number of nitrogens with zero attached hydrogens (tertiary/aromatic N) is 3. The zero-order valence-corrected chi connectivity index (χ0v) is 11.1. The number of hydrogen-bond acceptors (Lipinski definition) is 2. The van der Waals surface area contributed by atoms with Crippen LogP contribution in [0.2, 0.25) is 0 Å². The Balaban J connectivity index is 1.79. The van der Waals surface area contributed by atoms with Crippen LogP contribution in [0, 0.1) is 0 Å². The minimum Gasteiger partial charge on any atom is -0.497 e. The minimum atomic E-state index is 0.504. The predicted molar refractivity (Wildman–Crippen MR) is 74.4 cm³/mol. The Kier molecular flexibility index (Phi) is 3.51. The SMILES string of the molecule is COc1ccc(-c2cnn(C3CC[N]CC3)c2)cc1. The van der Waals surface area contributed by atoms with Gasteiger partial charge in [-0.15, -0.1) is 0 Å². The van der Waals surface area contributed by atoms with Crippen molar-refractivity contribution in [3.05, 3.63) is 36.7 Å². The molecule has 1 radical (unpaired) electrons. The van der Waals surface area contributed by atoms with Gasteiger partial charge in [0.05, 0.1) is 19.3 Å². The third kappa shape index (κ3) is 2.63. The number of hydrogen-bond donors (Lipinski definition) is 0. The van der Waals surface area contributed by atoms with Gasteiger partial charge < -0.3 is 4.74 Å². The van der Waals surface area contributed by atoms with Gasteiger partial charge in [-0.1, -0.05) is 12.1 Å². The minimum absolute atomic E-state index is 0.504. The standard InChI is InChI=1S/C15H18N3O/c1-19-15-4-2-12(3-5-15)13-10-17-18(11-13)14-6-8-16-9-7-14/h2-5,10-11,14H,6-9H2,1H3. The second-order valence-electron chi connectivity index (χ2n) is 4.84. The summed E-state index contributed by atoms with van der Waals surface area (Å²) in [7, 11) is 1.68. The molecule has 0 unspecified atom stereocenters. The Bertz CT molecular complexity index is 527. The first-order valence-electron chi connectivity index (χ1n) is 6.68. The number of methoxy groups -OCH3 is 1. The van der Waals surface area contributed by atoms with E-state index in [1.807, 2.05) is 18.3 Å². The van der Waals surface area contributed by atoms with Gasteiger partial charge in [0, 0.05) is 24.8 Å². The van der Waals surface area contributed by atoms with E-state index in [2.05, 4.69) is 33.4 Å². The lowest BCUT2D eigenvalue weighted by Crippen LogP contribution is -2.24. The monoisotopic (exact) mass is 256 g/mol. The summed E-state index contributed by atoms with van der Waals surface area (Å²) in [5, 5.41) is 8.88. The highest BCUT2D eigenvalue weighted by atomic mass is 16.5. The van der Waals surface area contributed by atoms with E-state index in [-0.39, 0.29) is 0 Å². The lowest BCUT2D eigenvalue weighted by atomic mass is 10.1. The molecule has 2 heterocycles. The van der Waals surface area contributed by atoms with Crippen LogP contribution in [0.25, 0.3) is 11.1 Å². The molecule has 0 spiro atoms. The maximum absolute atomic E-state index is 5.17. The topological polar surface area (TPSA) is 41.2 Å². The molecule has 1 fully saturated rings. The zero-order valence-electron chi connectivity index (χ0n) is 11.1. The van der Waals surface area contributed by atoms with Crippen molar-refractivity contribution in [3.63, 3.8) is 0 Å². The summed E-state index contributed by atoms with van der Waals surface area (Å²) in [5.74, 6) is 0.880. The molecule has 1 aromatic heterocycles. The van der Waals surface area contributed by atoms with Gasteiger partial charge in [-0.3, -0.25) is 4.68 Å². The van der Waals surface area contributed by atoms with E-state index in [9.17, 15) is 0 Å². The van der Waals surface area contributed by atoms with Gasteiger partial charge in [-0.25, -0.2) is 5.32 Å². The first-order chi connectivity index (χ1) is 9.36. The van der Waals surface area contributed by atoms with Crippen molar-refractivity contribution in [2.24, 2.45) is 0 Å². The van der Waals surface area contributed by atoms with Crippen LogP contribution < -0.4 is 10.1 Å². The summed E-state index contributed by atoms with van der Waals surface area (Å²) >= 11 is 0. The van der Waals surface area contributed by atoms with Crippen molar-refractivity contribution in [1.82, 2.24) is 15.1 Å². The van der Waals surface area contributed by atoms with Crippen molar-refractivity contribution < 1.29 is 4.74 Å². The highest BCUT2D eigenvalue weighted by molar-refractivity contribution is 5.62. The van der Waals surface area contributed by atoms with Gasteiger partial charge in [0.25, 0.3) is 0 Å². The molecule has 1 aromatic carbocycles. The van der Waals surface area contributed by atoms with E-state index < -0.39 is 0 Å². The number of piperidine rings is 1. The van der Waals surface area contributed by atoms with Crippen LogP contribution in [-0.2, 0) is 0 Å². The molecule has 3 rings (SSSR count). The molecular weight excluding hydrogens is 238 g/mol. The number of aromatic nitrogens is 2. The van der Waals surface area contributed by atoms with Crippen LogP contribution in [-0.4, -0.2) is 30.0 Å². The predicted octanol–water partition coefficient (Wildman–Crippen LogP) is 2.50. The molecule has 0 amide bonds. The maximum atomic E-state index is 5.17. The molecular formula is C15H18N3O. The molecule has 0 N–H and O–H groups in total. The third-order valence-corrected chi connectivity index (χ3v) is 3.64. The summed E-state index contributed by atoms with van der Waals surface area (Å²) in [6, 6.07) is 8.59. The molecule has 0 bridgehead atoms. The quantitative estimate of drug-likeness (QED) is 0.846. The highest BCUT2D eigenvalue weighted by Crippen LogP contribution is 2.25. The van der Waals surface area contributed by atoms with Crippen molar-refractivity contribution in [2.45, 2.75) is 18.9 Å². The Morgan fingerprint density at radius 2 is 1.84 bits per heavy atom. The first kappa shape index (κ1) is 12.2. The van der Waals surface area contributed by atoms with E-state index in [1.54, 1.807) is 7.11 Å². The van der Waals surface area contributed by atoms with Crippen LogP contribution >= 0.6 is 0 Å². The van der Waals surface area contributed by atoms with Gasteiger partial charge in [0.15, 0.2) is 0 Å². The normalized spacial score (nSPS) is 16.5. The maximum Gasteiger partial charge on any atom is 0.118 e. The Hall–Kier alpha value is -1.81. The molecule has 19 heavy (non-hydrogen) atoms. The molecule has 1 aliphatic rings. The van der Waals surface area contributed by atoms with Gasteiger partial charge in [-0.2, -0.15) is 5.10 Å². The third-order valence-electron chi connectivity index (χ3n) is 3.64. The number of rotatable bonds is 3. The summed E-state index contributed by atoms with van der Waals surface area (Å²) < 4.78 is 7.27. The first-order valence-corrected chi connectivity index (χ1v) is 6.68.